The van der Waals surface area contributed by atoms with Crippen LogP contribution in [0.3, 0.4) is 0 Å². The molecule has 0 atom stereocenters. The van der Waals surface area contributed by atoms with Crippen molar-refractivity contribution in [1.29, 1.82) is 0 Å². The van der Waals surface area contributed by atoms with Crippen molar-refractivity contribution in [3.05, 3.63) is 0 Å². The zero-order valence-electron chi connectivity index (χ0n) is 14.5. The van der Waals surface area contributed by atoms with Gasteiger partial charge in [-0.2, -0.15) is 0 Å². The Labute approximate surface area is 164 Å². The third-order valence-electron chi connectivity index (χ3n) is 2.15. The second kappa shape index (κ2) is 12.6. The Morgan fingerprint density at radius 2 is 1.00 bits per heavy atom. The molecular formula is C11H25Cl3O7Si3. The lowest BCUT2D eigenvalue weighted by molar-refractivity contribution is -0.0441. The summed E-state index contributed by atoms with van der Waals surface area (Å²) in [5.74, 6) is 0. The van der Waals surface area contributed by atoms with Crippen LogP contribution in [0.25, 0.3) is 0 Å². The van der Waals surface area contributed by atoms with Crippen LogP contribution in [-0.4, -0.2) is 64.3 Å². The van der Waals surface area contributed by atoms with Gasteiger partial charge in [0.1, 0.15) is 0 Å². The Bertz CT molecular complexity index is 313. The van der Waals surface area contributed by atoms with Crippen molar-refractivity contribution >= 4 is 62.7 Å². The van der Waals surface area contributed by atoms with E-state index in [9.17, 15) is 0 Å². The topological polar surface area (TPSA) is 64.6 Å². The summed E-state index contributed by atoms with van der Waals surface area (Å²) in [4.78, 5) is 0. The maximum absolute atomic E-state index is 6.00. The number of hydrogen-bond acceptors (Lipinski definition) is 7. The molecule has 0 unspecified atom stereocenters. The van der Waals surface area contributed by atoms with Crippen molar-refractivity contribution in [2.24, 2.45) is 0 Å². The smallest absolute Gasteiger partial charge is 0.389 e. The highest BCUT2D eigenvalue weighted by Crippen LogP contribution is 2.28. The van der Waals surface area contributed by atoms with E-state index in [1.54, 1.807) is 34.6 Å². The van der Waals surface area contributed by atoms with E-state index in [2.05, 4.69) is 0 Å². The summed E-state index contributed by atoms with van der Waals surface area (Å²) in [6.07, 6.45) is 0. The van der Waals surface area contributed by atoms with Gasteiger partial charge in [0.2, 0.25) is 3.42 Å². The van der Waals surface area contributed by atoms with Crippen molar-refractivity contribution in [3.8, 4) is 0 Å². The fraction of sp³-hybridized carbons (Fsp3) is 1.00. The number of rotatable bonds is 14. The fourth-order valence-electron chi connectivity index (χ4n) is 1.55. The van der Waals surface area contributed by atoms with Crippen LogP contribution in [0.1, 0.15) is 34.6 Å². The third kappa shape index (κ3) is 9.81. The quantitative estimate of drug-likeness (QED) is 0.292. The molecule has 0 saturated heterocycles. The summed E-state index contributed by atoms with van der Waals surface area (Å²) in [5, 5.41) is 0. The van der Waals surface area contributed by atoms with Gasteiger partial charge in [0.05, 0.1) is 0 Å². The first kappa shape index (κ1) is 25.2. The molecule has 2 radical (unpaired) electrons. The van der Waals surface area contributed by atoms with Crippen LogP contribution in [0.2, 0.25) is 0 Å². The molecule has 0 bridgehead atoms. The van der Waals surface area contributed by atoms with Gasteiger partial charge in [-0.3, -0.25) is 0 Å². The van der Waals surface area contributed by atoms with Gasteiger partial charge in [-0.1, -0.05) is 34.8 Å². The fourth-order valence-corrected chi connectivity index (χ4v) is 9.07. The SMILES string of the molecule is CCO[Si](OCC)(OCC)O[Si](OCC)(OCC)O[Si]C(Cl)(Cl)Cl. The van der Waals surface area contributed by atoms with Gasteiger partial charge in [-0.25, -0.2) is 0 Å². The van der Waals surface area contributed by atoms with Gasteiger partial charge in [0, 0.05) is 33.0 Å². The Morgan fingerprint density at radius 1 is 0.667 bits per heavy atom. The molecule has 0 spiro atoms. The van der Waals surface area contributed by atoms with E-state index in [-0.39, 0.29) is 13.2 Å². The van der Waals surface area contributed by atoms with Crippen LogP contribution in [0.15, 0.2) is 0 Å². The monoisotopic (exact) mass is 458 g/mol. The maximum atomic E-state index is 6.00. The zero-order chi connectivity index (χ0) is 18.7. The Morgan fingerprint density at radius 3 is 1.29 bits per heavy atom. The molecule has 0 aromatic carbocycles. The highest BCUT2D eigenvalue weighted by atomic mass is 35.6. The molecular weight excluding hydrogens is 435 g/mol. The standard InChI is InChI=1S/C11H25Cl3O7Si3/c1-6-15-23(16-7-2,17-8-3)21-24(18-9-4,19-10-5)20-22-11(12,13)14/h6-10H2,1-5H3. The van der Waals surface area contributed by atoms with Gasteiger partial charge in [0.25, 0.3) is 9.76 Å². The zero-order valence-corrected chi connectivity index (χ0v) is 19.8. The van der Waals surface area contributed by atoms with Crippen molar-refractivity contribution in [3.63, 3.8) is 0 Å². The van der Waals surface area contributed by atoms with Gasteiger partial charge in [-0.15, -0.1) is 0 Å². The highest BCUT2D eigenvalue weighted by molar-refractivity contribution is 6.87. The van der Waals surface area contributed by atoms with Crippen molar-refractivity contribution in [2.45, 2.75) is 38.0 Å². The minimum absolute atomic E-state index is 0.269. The largest absolute Gasteiger partial charge is 0.673 e. The molecule has 0 heterocycles. The van der Waals surface area contributed by atoms with Crippen molar-refractivity contribution < 1.29 is 30.4 Å². The first-order valence-electron chi connectivity index (χ1n) is 7.63. The second-order valence-electron chi connectivity index (χ2n) is 3.97. The summed E-state index contributed by atoms with van der Waals surface area (Å²) in [6, 6.07) is 0. The van der Waals surface area contributed by atoms with Crippen LogP contribution < -0.4 is 0 Å². The lowest BCUT2D eigenvalue weighted by atomic mass is 10.9. The molecule has 0 amide bonds. The van der Waals surface area contributed by atoms with E-state index in [1.807, 2.05) is 0 Å². The molecule has 0 rings (SSSR count). The Kier molecular flexibility index (Phi) is 13.2. The molecule has 0 aliphatic carbocycles. The van der Waals surface area contributed by atoms with E-state index < -0.39 is 31.3 Å². The number of hydrogen-bond donors (Lipinski definition) is 0. The molecule has 0 aromatic heterocycles. The summed E-state index contributed by atoms with van der Waals surface area (Å²) in [6.45, 7) is 10.5. The van der Waals surface area contributed by atoms with Crippen LogP contribution in [-0.2, 0) is 30.4 Å². The molecule has 0 saturated carbocycles. The van der Waals surface area contributed by atoms with Gasteiger partial charge >= 0.3 is 18.1 Å². The predicted molar refractivity (Wildman–Crippen MR) is 97.9 cm³/mol. The summed E-state index contributed by atoms with van der Waals surface area (Å²) in [7, 11) is -7.80. The van der Waals surface area contributed by atoms with Crippen LogP contribution in [0.4, 0.5) is 0 Å². The molecule has 144 valence electrons. The first-order valence-corrected chi connectivity index (χ1v) is 12.9. The molecule has 0 aliphatic rings. The summed E-state index contributed by atoms with van der Waals surface area (Å²) < 4.78 is 38.3. The molecule has 0 N–H and O–H groups in total. The molecule has 7 nitrogen and oxygen atoms in total. The van der Waals surface area contributed by atoms with E-state index in [0.29, 0.717) is 19.8 Å². The second-order valence-corrected chi connectivity index (χ2v) is 13.2. The van der Waals surface area contributed by atoms with E-state index in [0.717, 1.165) is 0 Å². The average molecular weight is 460 g/mol. The molecule has 13 heteroatoms. The van der Waals surface area contributed by atoms with Crippen LogP contribution in [0, 0.1) is 0 Å². The Balaban J connectivity index is 5.53. The van der Waals surface area contributed by atoms with Crippen LogP contribution in [0.5, 0.6) is 0 Å². The summed E-state index contributed by atoms with van der Waals surface area (Å²) >= 11 is 17.4. The molecule has 24 heavy (non-hydrogen) atoms. The third-order valence-corrected chi connectivity index (χ3v) is 9.69. The molecule has 0 fully saturated rings. The van der Waals surface area contributed by atoms with Gasteiger partial charge in [-0.05, 0) is 34.6 Å². The van der Waals surface area contributed by atoms with Gasteiger partial charge in [0.15, 0.2) is 0 Å². The lowest BCUT2D eigenvalue weighted by Crippen LogP contribution is -2.63. The van der Waals surface area contributed by atoms with Gasteiger partial charge < -0.3 is 30.4 Å². The first-order chi connectivity index (χ1) is 11.2. The molecule has 0 aromatic rings. The van der Waals surface area contributed by atoms with E-state index in [4.69, 9.17) is 65.2 Å². The van der Waals surface area contributed by atoms with E-state index >= 15 is 0 Å². The van der Waals surface area contributed by atoms with E-state index in [1.165, 1.54) is 0 Å². The average Bonchev–Trinajstić information content (AvgIpc) is 2.46. The lowest BCUT2D eigenvalue weighted by Gasteiger charge is -2.35. The number of alkyl halides is 3. The maximum Gasteiger partial charge on any atom is 0.673 e. The number of halogens is 3. The minimum Gasteiger partial charge on any atom is -0.389 e. The van der Waals surface area contributed by atoms with Crippen molar-refractivity contribution in [1.82, 2.24) is 0 Å². The van der Waals surface area contributed by atoms with Crippen molar-refractivity contribution in [2.75, 3.05) is 33.0 Å². The normalized spacial score (nSPS) is 13.5. The Hall–Kier alpha value is 1.24. The van der Waals surface area contributed by atoms with Crippen LogP contribution >= 0.6 is 34.8 Å². The summed E-state index contributed by atoms with van der Waals surface area (Å²) in [5.41, 5.74) is 0. The minimum atomic E-state index is -3.71. The predicted octanol–water partition coefficient (Wildman–Crippen LogP) is 3.02. The molecule has 0 aliphatic heterocycles. The highest BCUT2D eigenvalue weighted by Gasteiger charge is 2.59.